The Balaban J connectivity index is 1.63. The summed E-state index contributed by atoms with van der Waals surface area (Å²) in [5.74, 6) is 1.78. The molecule has 2 aromatic rings. The first-order valence-corrected chi connectivity index (χ1v) is 9.82. The predicted octanol–water partition coefficient (Wildman–Crippen LogP) is 4.20. The van der Waals surface area contributed by atoms with Crippen molar-refractivity contribution in [2.45, 2.75) is 39.5 Å². The van der Waals surface area contributed by atoms with E-state index in [1.54, 1.807) is 0 Å². The van der Waals surface area contributed by atoms with Crippen LogP contribution in [0.25, 0.3) is 11.5 Å². The average Bonchev–Trinajstić information content (AvgIpc) is 3.35. The number of benzene rings is 1. The Morgan fingerprint density at radius 2 is 1.89 bits per heavy atom. The van der Waals surface area contributed by atoms with Crippen LogP contribution in [-0.4, -0.2) is 48.5 Å². The van der Waals surface area contributed by atoms with E-state index in [2.05, 4.69) is 9.88 Å². The maximum atomic E-state index is 12.4. The third-order valence-corrected chi connectivity index (χ3v) is 4.66. The summed E-state index contributed by atoms with van der Waals surface area (Å²) in [7, 11) is 0. The lowest BCUT2D eigenvalue weighted by Gasteiger charge is -2.13. The summed E-state index contributed by atoms with van der Waals surface area (Å²) in [6.07, 6.45) is 5.34. The highest BCUT2D eigenvalue weighted by molar-refractivity contribution is 5.94. The first kappa shape index (κ1) is 19.4. The first-order valence-electron chi connectivity index (χ1n) is 9.82. The number of carbonyl (C=O) groups is 1. The Morgan fingerprint density at radius 3 is 2.63 bits per heavy atom. The van der Waals surface area contributed by atoms with Crippen LogP contribution in [0.3, 0.4) is 0 Å². The second-order valence-electron chi connectivity index (χ2n) is 6.64. The molecule has 0 saturated carbocycles. The molecule has 1 saturated heterocycles. The molecule has 0 radical (unpaired) electrons. The van der Waals surface area contributed by atoms with E-state index in [-0.39, 0.29) is 5.78 Å². The Kier molecular flexibility index (Phi) is 6.87. The highest BCUT2D eigenvalue weighted by Gasteiger charge is 2.17. The van der Waals surface area contributed by atoms with Crippen LogP contribution < -0.4 is 9.47 Å². The number of Topliss-reactive ketones (excluding diaryl/α,β-unsaturated/α-hetero) is 1. The van der Waals surface area contributed by atoms with Gasteiger partial charge in [-0.2, -0.15) is 0 Å². The number of hydrogen-bond acceptors (Lipinski definition) is 6. The highest BCUT2D eigenvalue weighted by Crippen LogP contribution is 2.32. The van der Waals surface area contributed by atoms with Crippen LogP contribution in [0.2, 0.25) is 0 Å². The standard InChI is InChI=1S/C21H28N2O4/c1-3-25-19-10-9-16(14-20(19)26-4-2)21-22-17(15-27-21)18(24)8-7-13-23-11-5-6-12-23/h9-10,14-15H,3-8,11-13H2,1-2H3. The van der Waals surface area contributed by atoms with Gasteiger partial charge in [-0.1, -0.05) is 0 Å². The molecule has 1 aliphatic heterocycles. The van der Waals surface area contributed by atoms with Crippen LogP contribution in [0.15, 0.2) is 28.9 Å². The van der Waals surface area contributed by atoms with Gasteiger partial charge in [-0.15, -0.1) is 0 Å². The number of aromatic nitrogens is 1. The van der Waals surface area contributed by atoms with Crippen LogP contribution in [0.5, 0.6) is 11.5 Å². The maximum Gasteiger partial charge on any atom is 0.226 e. The molecule has 0 aliphatic carbocycles. The van der Waals surface area contributed by atoms with Crippen molar-refractivity contribution in [2.24, 2.45) is 0 Å². The molecular formula is C21H28N2O4. The summed E-state index contributed by atoms with van der Waals surface area (Å²) in [6.45, 7) is 8.24. The molecule has 1 fully saturated rings. The molecule has 0 spiro atoms. The number of hydrogen-bond donors (Lipinski definition) is 0. The van der Waals surface area contributed by atoms with Crippen LogP contribution >= 0.6 is 0 Å². The summed E-state index contributed by atoms with van der Waals surface area (Å²) in [6, 6.07) is 5.54. The van der Waals surface area contributed by atoms with Gasteiger partial charge in [-0.25, -0.2) is 4.98 Å². The first-order chi connectivity index (χ1) is 13.2. The van der Waals surface area contributed by atoms with Crippen LogP contribution in [0.1, 0.15) is 50.0 Å². The molecule has 1 aromatic carbocycles. The molecular weight excluding hydrogens is 344 g/mol. The van der Waals surface area contributed by atoms with Crippen molar-refractivity contribution in [3.63, 3.8) is 0 Å². The highest BCUT2D eigenvalue weighted by atomic mass is 16.5. The lowest BCUT2D eigenvalue weighted by Crippen LogP contribution is -2.21. The van der Waals surface area contributed by atoms with Crippen LogP contribution in [0.4, 0.5) is 0 Å². The third kappa shape index (κ3) is 5.10. The maximum absolute atomic E-state index is 12.4. The van der Waals surface area contributed by atoms with E-state index in [0.717, 1.165) is 31.6 Å². The summed E-state index contributed by atoms with van der Waals surface area (Å²) < 4.78 is 16.8. The molecule has 2 heterocycles. The van der Waals surface area contributed by atoms with Crippen molar-refractivity contribution in [1.29, 1.82) is 0 Å². The smallest absolute Gasteiger partial charge is 0.226 e. The lowest BCUT2D eigenvalue weighted by atomic mass is 10.1. The molecule has 0 amide bonds. The second kappa shape index (κ2) is 9.55. The molecule has 6 heteroatoms. The van der Waals surface area contributed by atoms with Gasteiger partial charge in [0.1, 0.15) is 12.0 Å². The normalized spacial score (nSPS) is 14.4. The zero-order valence-electron chi connectivity index (χ0n) is 16.2. The molecule has 0 unspecified atom stereocenters. The van der Waals surface area contributed by atoms with Gasteiger partial charge in [-0.3, -0.25) is 4.79 Å². The van der Waals surface area contributed by atoms with E-state index < -0.39 is 0 Å². The minimum absolute atomic E-state index is 0.0279. The molecule has 0 atom stereocenters. The summed E-state index contributed by atoms with van der Waals surface area (Å²) in [5, 5.41) is 0. The summed E-state index contributed by atoms with van der Waals surface area (Å²) >= 11 is 0. The third-order valence-electron chi connectivity index (χ3n) is 4.66. The summed E-state index contributed by atoms with van der Waals surface area (Å²) in [4.78, 5) is 19.2. The number of carbonyl (C=O) groups excluding carboxylic acids is 1. The van der Waals surface area contributed by atoms with Gasteiger partial charge < -0.3 is 18.8 Å². The Morgan fingerprint density at radius 1 is 1.15 bits per heavy atom. The van der Waals surface area contributed by atoms with Gasteiger partial charge in [0, 0.05) is 12.0 Å². The van der Waals surface area contributed by atoms with Crippen molar-refractivity contribution in [2.75, 3.05) is 32.8 Å². The van der Waals surface area contributed by atoms with E-state index >= 15 is 0 Å². The van der Waals surface area contributed by atoms with Gasteiger partial charge >= 0.3 is 0 Å². The number of likely N-dealkylation sites (tertiary alicyclic amines) is 1. The van der Waals surface area contributed by atoms with Gasteiger partial charge in [0.05, 0.1) is 13.2 Å². The van der Waals surface area contributed by atoms with Gasteiger partial charge in [0.15, 0.2) is 17.3 Å². The van der Waals surface area contributed by atoms with Crippen molar-refractivity contribution >= 4 is 5.78 Å². The number of ketones is 1. The molecule has 146 valence electrons. The van der Waals surface area contributed by atoms with Crippen molar-refractivity contribution in [3.05, 3.63) is 30.2 Å². The Hall–Kier alpha value is -2.34. The molecule has 3 rings (SSSR count). The largest absolute Gasteiger partial charge is 0.490 e. The number of ether oxygens (including phenoxy) is 2. The van der Waals surface area contributed by atoms with E-state index in [4.69, 9.17) is 13.9 Å². The van der Waals surface area contributed by atoms with Crippen molar-refractivity contribution in [3.8, 4) is 23.0 Å². The SMILES string of the molecule is CCOc1ccc(-c2nc(C(=O)CCCN3CCCC3)co2)cc1OCC. The second-order valence-corrected chi connectivity index (χ2v) is 6.64. The molecule has 0 bridgehead atoms. The van der Waals surface area contributed by atoms with E-state index in [0.29, 0.717) is 42.7 Å². The monoisotopic (exact) mass is 372 g/mol. The van der Waals surface area contributed by atoms with Gasteiger partial charge in [0.25, 0.3) is 0 Å². The zero-order chi connectivity index (χ0) is 19.1. The van der Waals surface area contributed by atoms with E-state index in [1.165, 1.54) is 19.1 Å². The zero-order valence-corrected chi connectivity index (χ0v) is 16.2. The number of oxazole rings is 1. The topological polar surface area (TPSA) is 64.8 Å². The van der Waals surface area contributed by atoms with Gasteiger partial charge in [-0.05, 0) is 70.9 Å². The fraction of sp³-hybridized carbons (Fsp3) is 0.524. The Labute approximate surface area is 160 Å². The van der Waals surface area contributed by atoms with Crippen LogP contribution in [-0.2, 0) is 0 Å². The molecule has 6 nitrogen and oxygen atoms in total. The van der Waals surface area contributed by atoms with Crippen molar-refractivity contribution in [1.82, 2.24) is 9.88 Å². The van der Waals surface area contributed by atoms with E-state index in [1.807, 2.05) is 32.0 Å². The number of rotatable bonds is 10. The minimum Gasteiger partial charge on any atom is -0.490 e. The quantitative estimate of drug-likeness (QED) is 0.583. The molecule has 0 N–H and O–H groups in total. The molecule has 1 aromatic heterocycles. The minimum atomic E-state index is 0.0279. The fourth-order valence-electron chi connectivity index (χ4n) is 3.32. The predicted molar refractivity (Wildman–Crippen MR) is 104 cm³/mol. The van der Waals surface area contributed by atoms with E-state index in [9.17, 15) is 4.79 Å². The Bertz CT molecular complexity index is 750. The fourth-order valence-corrected chi connectivity index (χ4v) is 3.32. The molecule has 1 aliphatic rings. The summed E-state index contributed by atoms with van der Waals surface area (Å²) in [5.41, 5.74) is 1.15. The molecule has 27 heavy (non-hydrogen) atoms. The average molecular weight is 372 g/mol. The van der Waals surface area contributed by atoms with Crippen LogP contribution in [0, 0.1) is 0 Å². The lowest BCUT2D eigenvalue weighted by molar-refractivity contribution is 0.0971. The van der Waals surface area contributed by atoms with Gasteiger partial charge in [0.2, 0.25) is 5.89 Å². The van der Waals surface area contributed by atoms with Crippen molar-refractivity contribution < 1.29 is 18.7 Å². The number of nitrogens with zero attached hydrogens (tertiary/aromatic N) is 2.